The first kappa shape index (κ1) is 20.0. The van der Waals surface area contributed by atoms with Crippen LogP contribution < -0.4 is 61.6 Å². The molecule has 0 bridgehead atoms. The zero-order valence-electron chi connectivity index (χ0n) is 12.0. The molecule has 0 unspecified atom stereocenters. The predicted octanol–water partition coefficient (Wildman–Crippen LogP) is 1.42. The van der Waals surface area contributed by atoms with Gasteiger partial charge in [-0.25, -0.2) is 4.39 Å². The molecule has 8 heteroatoms. The average Bonchev–Trinajstić information content (AvgIpc) is 2.36. The molecule has 0 radical (unpaired) electrons. The molecule has 0 aliphatic rings. The fourth-order valence-electron chi connectivity index (χ4n) is 1.91. The number of halogens is 5. The van der Waals surface area contributed by atoms with Gasteiger partial charge in [0, 0.05) is 10.6 Å². The van der Waals surface area contributed by atoms with Gasteiger partial charge < -0.3 is 17.7 Å². The summed E-state index contributed by atoms with van der Waals surface area (Å²) >= 11 is 5.63. The molecule has 112 valence electrons. The minimum atomic E-state index is -5.04. The van der Waals surface area contributed by atoms with Crippen LogP contribution in [-0.4, -0.2) is 6.98 Å². The largest absolute Gasteiger partial charge is 1.00 e. The second kappa shape index (κ2) is 8.17. The molecule has 0 aliphatic carbocycles. The molecule has 0 heterocycles. The van der Waals surface area contributed by atoms with Crippen LogP contribution in [0.3, 0.4) is 0 Å². The number of benzene rings is 2. The maximum absolute atomic E-state index is 13.5. The van der Waals surface area contributed by atoms with Crippen molar-refractivity contribution in [1.29, 1.82) is 0 Å². The van der Waals surface area contributed by atoms with E-state index >= 15 is 0 Å². The minimum absolute atomic E-state index is 0. The van der Waals surface area contributed by atoms with E-state index in [1.807, 2.05) is 0 Å². The summed E-state index contributed by atoms with van der Waals surface area (Å²) < 4.78 is 56.9. The quantitative estimate of drug-likeness (QED) is 0.595. The Kier molecular flexibility index (Phi) is 7.43. The van der Waals surface area contributed by atoms with Crippen LogP contribution in [-0.2, 0) is 6.61 Å². The fourth-order valence-corrected chi connectivity index (χ4v) is 2.06. The topological polar surface area (TPSA) is 9.23 Å². The molecule has 2 rings (SSSR count). The molecular weight excluding hydrogens is 346 g/mol. The molecule has 2 aromatic carbocycles. The average molecular weight is 357 g/mol. The number of hydrogen-bond donors (Lipinski definition) is 0. The van der Waals surface area contributed by atoms with Crippen molar-refractivity contribution in [2.75, 3.05) is 0 Å². The number of ether oxygens (including phenoxy) is 1. The molecule has 0 aromatic heterocycles. The molecule has 0 atom stereocenters. The second-order valence-corrected chi connectivity index (χ2v) is 5.05. The van der Waals surface area contributed by atoms with Crippen molar-refractivity contribution >= 4 is 24.0 Å². The van der Waals surface area contributed by atoms with Gasteiger partial charge in [0.25, 0.3) is 0 Å². The normalized spacial score (nSPS) is 11.0. The van der Waals surface area contributed by atoms with Gasteiger partial charge in [-0.3, -0.25) is 0 Å². The molecule has 2 aromatic rings. The molecular formula is C14H11BClF4KO. The van der Waals surface area contributed by atoms with Crippen LogP contribution in [0.4, 0.5) is 17.3 Å². The molecule has 0 saturated carbocycles. The van der Waals surface area contributed by atoms with Crippen molar-refractivity contribution in [2.45, 2.75) is 13.5 Å². The van der Waals surface area contributed by atoms with Gasteiger partial charge in [-0.2, -0.15) is 0 Å². The van der Waals surface area contributed by atoms with Crippen LogP contribution in [0.5, 0.6) is 5.75 Å². The molecule has 22 heavy (non-hydrogen) atoms. The van der Waals surface area contributed by atoms with E-state index in [0.717, 1.165) is 12.1 Å². The molecule has 0 N–H and O–H groups in total. The van der Waals surface area contributed by atoms with Crippen LogP contribution in [0.1, 0.15) is 11.1 Å². The van der Waals surface area contributed by atoms with Gasteiger partial charge in [0.05, 0.1) is 0 Å². The Morgan fingerprint density at radius 1 is 1.09 bits per heavy atom. The Hall–Kier alpha value is -0.0487. The zero-order chi connectivity index (χ0) is 15.6. The first-order valence-electron chi connectivity index (χ1n) is 6.14. The summed E-state index contributed by atoms with van der Waals surface area (Å²) in [6, 6.07) is 7.63. The SMILES string of the molecule is Cc1cc(OCc2ccc(Cl)cc2F)ccc1[B-](F)(F)F.[K+]. The summed E-state index contributed by atoms with van der Waals surface area (Å²) in [5.74, 6) is -0.264. The van der Waals surface area contributed by atoms with Gasteiger partial charge in [0.15, 0.2) is 0 Å². The summed E-state index contributed by atoms with van der Waals surface area (Å²) in [6.45, 7) is -3.77. The van der Waals surface area contributed by atoms with E-state index < -0.39 is 18.3 Å². The number of aryl methyl sites for hydroxylation is 1. The van der Waals surface area contributed by atoms with Crippen LogP contribution in [0.25, 0.3) is 0 Å². The Balaban J connectivity index is 0.00000242. The van der Waals surface area contributed by atoms with Crippen LogP contribution >= 0.6 is 11.6 Å². The maximum Gasteiger partial charge on any atom is 1.00 e. The molecule has 1 nitrogen and oxygen atoms in total. The van der Waals surface area contributed by atoms with E-state index in [-0.39, 0.29) is 79.9 Å². The van der Waals surface area contributed by atoms with Gasteiger partial charge >= 0.3 is 58.4 Å². The van der Waals surface area contributed by atoms with E-state index in [0.29, 0.717) is 0 Å². The van der Waals surface area contributed by atoms with Crippen molar-refractivity contribution in [3.63, 3.8) is 0 Å². The van der Waals surface area contributed by atoms with E-state index in [1.54, 1.807) is 0 Å². The third-order valence-corrected chi connectivity index (χ3v) is 3.24. The van der Waals surface area contributed by atoms with E-state index in [9.17, 15) is 17.3 Å². The monoisotopic (exact) mass is 356 g/mol. The first-order valence-corrected chi connectivity index (χ1v) is 6.52. The van der Waals surface area contributed by atoms with E-state index in [4.69, 9.17) is 16.3 Å². The summed E-state index contributed by atoms with van der Waals surface area (Å²) in [7, 11) is 0. The van der Waals surface area contributed by atoms with Crippen molar-refractivity contribution in [2.24, 2.45) is 0 Å². The van der Waals surface area contributed by atoms with Gasteiger partial charge in [-0.15, -0.1) is 5.46 Å². The number of rotatable bonds is 4. The molecule has 0 aliphatic heterocycles. The van der Waals surface area contributed by atoms with Gasteiger partial charge in [-0.1, -0.05) is 29.3 Å². The standard InChI is InChI=1S/C14H11BClF4O.K/c1-9-6-12(4-5-13(9)15(18,19)20)21-8-10-2-3-11(16)7-14(10)17;/h2-7H,8H2,1H3;/q-1;+1. The van der Waals surface area contributed by atoms with Crippen molar-refractivity contribution in [3.8, 4) is 5.75 Å². The molecule has 0 saturated heterocycles. The van der Waals surface area contributed by atoms with Crippen molar-refractivity contribution < 1.29 is 73.5 Å². The van der Waals surface area contributed by atoms with Gasteiger partial charge in [0.2, 0.25) is 0 Å². The smallest absolute Gasteiger partial charge is 0.489 e. The second-order valence-electron chi connectivity index (χ2n) is 4.62. The third kappa shape index (κ3) is 5.25. The van der Waals surface area contributed by atoms with Crippen LogP contribution in [0.15, 0.2) is 36.4 Å². The van der Waals surface area contributed by atoms with E-state index in [1.165, 1.54) is 31.2 Å². The Morgan fingerprint density at radius 3 is 2.32 bits per heavy atom. The minimum Gasteiger partial charge on any atom is -0.489 e. The first-order chi connectivity index (χ1) is 9.77. The maximum atomic E-state index is 13.5. The predicted molar refractivity (Wildman–Crippen MR) is 75.6 cm³/mol. The van der Waals surface area contributed by atoms with Crippen molar-refractivity contribution in [3.05, 3.63) is 58.4 Å². The van der Waals surface area contributed by atoms with Gasteiger partial charge in [0.1, 0.15) is 18.2 Å². The fraction of sp³-hybridized carbons (Fsp3) is 0.143. The summed E-state index contributed by atoms with van der Waals surface area (Å²) in [5.41, 5.74) is -0.294. The Labute approximate surface area is 173 Å². The van der Waals surface area contributed by atoms with Crippen molar-refractivity contribution in [1.82, 2.24) is 0 Å². The zero-order valence-corrected chi connectivity index (χ0v) is 15.9. The Bertz CT molecular complexity index is 664. The van der Waals surface area contributed by atoms with Crippen LogP contribution in [0, 0.1) is 12.7 Å². The molecule has 0 spiro atoms. The summed E-state index contributed by atoms with van der Waals surface area (Å²) in [4.78, 5) is 0. The van der Waals surface area contributed by atoms with Gasteiger partial charge in [-0.05, 0) is 31.2 Å². The Morgan fingerprint density at radius 2 is 1.77 bits per heavy atom. The molecule has 0 fully saturated rings. The molecule has 0 amide bonds. The van der Waals surface area contributed by atoms with Crippen LogP contribution in [0.2, 0.25) is 5.02 Å². The van der Waals surface area contributed by atoms with E-state index in [2.05, 4.69) is 0 Å². The summed E-state index contributed by atoms with van der Waals surface area (Å²) in [5, 5.41) is 0.267. The summed E-state index contributed by atoms with van der Waals surface area (Å²) in [6.07, 6.45) is 0. The third-order valence-electron chi connectivity index (χ3n) is 3.00. The number of hydrogen-bond acceptors (Lipinski definition) is 1.